The molecule has 4 heteroatoms. The molecule has 2 unspecified atom stereocenters. The van der Waals surface area contributed by atoms with Crippen molar-refractivity contribution in [2.24, 2.45) is 11.8 Å². The molecular weight excluding hydrogens is 158 g/mol. The molecule has 3 N–H and O–H groups in total. The number of aliphatic carboxylic acids is 1. The Morgan fingerprint density at radius 3 is 2.42 bits per heavy atom. The van der Waals surface area contributed by atoms with Crippen LogP contribution in [0.4, 0.5) is 0 Å². The zero-order valence-corrected chi connectivity index (χ0v) is 7.32. The molecule has 70 valence electrons. The summed E-state index contributed by atoms with van der Waals surface area (Å²) in [6, 6.07) is -0.780. The molecule has 0 amide bonds. The largest absolute Gasteiger partial charge is 0.480 e. The van der Waals surface area contributed by atoms with Crippen LogP contribution in [0.3, 0.4) is 0 Å². The van der Waals surface area contributed by atoms with Crippen molar-refractivity contribution in [3.05, 3.63) is 0 Å². The molecule has 3 atom stereocenters. The number of hydrogen-bond acceptors (Lipinski definition) is 3. The van der Waals surface area contributed by atoms with Crippen LogP contribution < -0.4 is 5.32 Å². The quantitative estimate of drug-likeness (QED) is 0.535. The van der Waals surface area contributed by atoms with Gasteiger partial charge in [0.15, 0.2) is 0 Å². The molecule has 4 nitrogen and oxygen atoms in total. The van der Waals surface area contributed by atoms with Crippen LogP contribution in [0.1, 0.15) is 13.8 Å². The van der Waals surface area contributed by atoms with Crippen LogP contribution in [0.5, 0.6) is 0 Å². The van der Waals surface area contributed by atoms with Crippen LogP contribution in [0.15, 0.2) is 0 Å². The highest BCUT2D eigenvalue weighted by molar-refractivity contribution is 5.74. The topological polar surface area (TPSA) is 69.6 Å². The minimum Gasteiger partial charge on any atom is -0.480 e. The number of aliphatic hydroxyl groups excluding tert-OH is 1. The summed E-state index contributed by atoms with van der Waals surface area (Å²) < 4.78 is 0. The molecule has 0 saturated carbocycles. The molecule has 0 radical (unpaired) electrons. The highest BCUT2D eigenvalue weighted by atomic mass is 16.4. The van der Waals surface area contributed by atoms with Gasteiger partial charge in [-0.25, -0.2) is 0 Å². The van der Waals surface area contributed by atoms with Gasteiger partial charge >= 0.3 is 5.97 Å². The lowest BCUT2D eigenvalue weighted by Gasteiger charge is -2.18. The number of nitrogens with one attached hydrogen (secondary N) is 1. The average molecular weight is 173 g/mol. The molecule has 1 aliphatic heterocycles. The number of carboxylic acids is 1. The molecule has 0 aromatic carbocycles. The molecule has 1 fully saturated rings. The van der Waals surface area contributed by atoms with Gasteiger partial charge in [-0.05, 0) is 5.92 Å². The van der Waals surface area contributed by atoms with E-state index in [0.29, 0.717) is 12.5 Å². The van der Waals surface area contributed by atoms with Crippen molar-refractivity contribution in [2.75, 3.05) is 6.54 Å². The lowest BCUT2D eigenvalue weighted by molar-refractivity contribution is -0.141. The van der Waals surface area contributed by atoms with Crippen LogP contribution in [0.25, 0.3) is 0 Å². The van der Waals surface area contributed by atoms with Gasteiger partial charge in [-0.1, -0.05) is 13.8 Å². The fourth-order valence-corrected chi connectivity index (χ4v) is 1.62. The Balaban J connectivity index is 2.61. The number of aliphatic hydroxyl groups is 1. The van der Waals surface area contributed by atoms with E-state index in [1.807, 2.05) is 13.8 Å². The van der Waals surface area contributed by atoms with Crippen LogP contribution >= 0.6 is 0 Å². The summed E-state index contributed by atoms with van der Waals surface area (Å²) in [5.74, 6) is -0.589. The van der Waals surface area contributed by atoms with Crippen molar-refractivity contribution in [3.63, 3.8) is 0 Å². The molecule has 0 aromatic heterocycles. The van der Waals surface area contributed by atoms with E-state index in [2.05, 4.69) is 5.32 Å². The molecule has 1 saturated heterocycles. The fourth-order valence-electron chi connectivity index (χ4n) is 1.62. The molecule has 1 heterocycles. The molecule has 0 aromatic rings. The third kappa shape index (κ3) is 1.59. The monoisotopic (exact) mass is 173 g/mol. The maximum Gasteiger partial charge on any atom is 0.323 e. The summed E-state index contributed by atoms with van der Waals surface area (Å²) in [7, 11) is 0. The predicted molar refractivity (Wildman–Crippen MR) is 43.8 cm³/mol. The minimum atomic E-state index is -0.967. The molecule has 0 spiro atoms. The van der Waals surface area contributed by atoms with Gasteiger partial charge in [-0.2, -0.15) is 0 Å². The first-order valence-electron chi connectivity index (χ1n) is 4.18. The maximum absolute atomic E-state index is 10.6. The third-order valence-electron chi connectivity index (χ3n) is 2.48. The van der Waals surface area contributed by atoms with E-state index < -0.39 is 18.1 Å². The summed E-state index contributed by atoms with van der Waals surface area (Å²) in [6.45, 7) is 4.56. The van der Waals surface area contributed by atoms with E-state index in [4.69, 9.17) is 5.11 Å². The van der Waals surface area contributed by atoms with Gasteiger partial charge in [-0.15, -0.1) is 0 Å². The molecule has 0 aliphatic carbocycles. The molecule has 12 heavy (non-hydrogen) atoms. The summed E-state index contributed by atoms with van der Waals surface area (Å²) in [6.07, 6.45) is -0.748. The standard InChI is InChI=1S/C8H15NO3/c1-4(2)5-3-9-6(7(5)10)8(11)12/h4-7,9-10H,3H2,1-2H3,(H,11,12)/t5?,6-,7?/m0/s1. The number of carboxylic acid groups (broad SMARTS) is 1. The van der Waals surface area contributed by atoms with Crippen LogP contribution in [-0.2, 0) is 4.79 Å². The Bertz CT molecular complexity index is 181. The fraction of sp³-hybridized carbons (Fsp3) is 0.875. The Morgan fingerprint density at radius 1 is 1.58 bits per heavy atom. The van der Waals surface area contributed by atoms with Gasteiger partial charge in [0.1, 0.15) is 6.04 Å². The van der Waals surface area contributed by atoms with Crippen molar-refractivity contribution in [2.45, 2.75) is 26.0 Å². The Hall–Kier alpha value is -0.610. The first-order chi connectivity index (χ1) is 5.54. The van der Waals surface area contributed by atoms with E-state index in [9.17, 15) is 9.90 Å². The summed E-state index contributed by atoms with van der Waals surface area (Å²) in [5, 5.41) is 21.0. The predicted octanol–water partition coefficient (Wildman–Crippen LogP) is -0.324. The van der Waals surface area contributed by atoms with Crippen LogP contribution in [0.2, 0.25) is 0 Å². The zero-order chi connectivity index (χ0) is 9.30. The van der Waals surface area contributed by atoms with Crippen LogP contribution in [0, 0.1) is 11.8 Å². The second-order valence-corrected chi connectivity index (χ2v) is 3.62. The van der Waals surface area contributed by atoms with Crippen molar-refractivity contribution in [1.29, 1.82) is 0 Å². The van der Waals surface area contributed by atoms with E-state index >= 15 is 0 Å². The lowest BCUT2D eigenvalue weighted by Crippen LogP contribution is -2.39. The second kappa shape index (κ2) is 3.41. The van der Waals surface area contributed by atoms with Crippen molar-refractivity contribution >= 4 is 5.97 Å². The van der Waals surface area contributed by atoms with Gasteiger partial charge in [0.25, 0.3) is 0 Å². The number of rotatable bonds is 2. The molecule has 1 rings (SSSR count). The molecular formula is C8H15NO3. The van der Waals surface area contributed by atoms with Gasteiger partial charge < -0.3 is 15.5 Å². The normalized spacial score (nSPS) is 35.8. The van der Waals surface area contributed by atoms with Gasteiger partial charge in [0.2, 0.25) is 0 Å². The van der Waals surface area contributed by atoms with Crippen molar-refractivity contribution in [3.8, 4) is 0 Å². The van der Waals surface area contributed by atoms with Gasteiger partial charge in [0, 0.05) is 12.5 Å². The third-order valence-corrected chi connectivity index (χ3v) is 2.48. The van der Waals surface area contributed by atoms with Crippen molar-refractivity contribution in [1.82, 2.24) is 5.32 Å². The highest BCUT2D eigenvalue weighted by Crippen LogP contribution is 2.22. The highest BCUT2D eigenvalue weighted by Gasteiger charge is 2.39. The van der Waals surface area contributed by atoms with E-state index in [0.717, 1.165) is 0 Å². The van der Waals surface area contributed by atoms with Crippen molar-refractivity contribution < 1.29 is 15.0 Å². The summed E-state index contributed by atoms with van der Waals surface area (Å²) >= 11 is 0. The zero-order valence-electron chi connectivity index (χ0n) is 7.32. The van der Waals surface area contributed by atoms with E-state index in [-0.39, 0.29) is 5.92 Å². The Morgan fingerprint density at radius 2 is 2.17 bits per heavy atom. The molecule has 0 bridgehead atoms. The summed E-state index contributed by atoms with van der Waals surface area (Å²) in [4.78, 5) is 10.6. The van der Waals surface area contributed by atoms with Gasteiger partial charge in [-0.3, -0.25) is 4.79 Å². The minimum absolute atomic E-state index is 0.0612. The second-order valence-electron chi connectivity index (χ2n) is 3.62. The average Bonchev–Trinajstić information content (AvgIpc) is 2.30. The maximum atomic E-state index is 10.6. The number of carbonyl (C=O) groups is 1. The van der Waals surface area contributed by atoms with Crippen LogP contribution in [-0.4, -0.2) is 34.9 Å². The SMILES string of the molecule is CC(C)C1CN[C@H](C(=O)O)C1O. The first-order valence-corrected chi connectivity index (χ1v) is 4.18. The van der Waals surface area contributed by atoms with Gasteiger partial charge in [0.05, 0.1) is 6.10 Å². The summed E-state index contributed by atoms with van der Waals surface area (Å²) in [5.41, 5.74) is 0. The van der Waals surface area contributed by atoms with E-state index in [1.165, 1.54) is 0 Å². The Labute approximate surface area is 71.6 Å². The Kier molecular flexibility index (Phi) is 2.69. The lowest BCUT2D eigenvalue weighted by atomic mass is 9.91. The molecule has 1 aliphatic rings. The number of hydrogen-bond donors (Lipinski definition) is 3. The smallest absolute Gasteiger partial charge is 0.323 e. The van der Waals surface area contributed by atoms with E-state index in [1.54, 1.807) is 0 Å². The first kappa shape index (κ1) is 9.48.